The molecule has 0 amide bonds. The second kappa shape index (κ2) is 7.83. The van der Waals surface area contributed by atoms with Crippen LogP contribution in [0.3, 0.4) is 0 Å². The Balaban J connectivity index is 2.27. The number of methoxy groups -OCH3 is 4. The van der Waals surface area contributed by atoms with E-state index in [2.05, 4.69) is 6.07 Å². The molecule has 0 aliphatic carbocycles. The van der Waals surface area contributed by atoms with Crippen LogP contribution in [-0.4, -0.2) is 28.4 Å². The van der Waals surface area contributed by atoms with E-state index in [1.165, 1.54) is 0 Å². The third kappa shape index (κ3) is 3.06. The van der Waals surface area contributed by atoms with E-state index in [0.717, 1.165) is 22.3 Å². The van der Waals surface area contributed by atoms with Gasteiger partial charge in [0, 0.05) is 16.7 Å². The molecule has 0 atom stereocenters. The molecule has 1 radical (unpaired) electrons. The number of benzene rings is 3. The summed E-state index contributed by atoms with van der Waals surface area (Å²) in [6, 6.07) is 20.8. The highest BCUT2D eigenvalue weighted by Crippen LogP contribution is 2.45. The van der Waals surface area contributed by atoms with Crippen LogP contribution in [0.1, 0.15) is 0 Å². The smallest absolute Gasteiger partial charge is 0.168 e. The summed E-state index contributed by atoms with van der Waals surface area (Å²) in [4.78, 5) is 0. The van der Waals surface area contributed by atoms with Crippen molar-refractivity contribution in [1.82, 2.24) is 0 Å². The van der Waals surface area contributed by atoms with Gasteiger partial charge in [0.15, 0.2) is 23.0 Å². The van der Waals surface area contributed by atoms with Crippen LogP contribution in [0.5, 0.6) is 23.0 Å². The standard InChI is InChI=1S/C22H21O4/c1-23-19-13-7-11-17(21(19)25-3)15-9-5-6-10-16(15)18-12-8-14-20(24-2)22(18)26-4/h5-9,11-14H,1-4H3. The van der Waals surface area contributed by atoms with Crippen LogP contribution >= 0.6 is 0 Å². The molecule has 3 rings (SSSR count). The third-order valence-electron chi connectivity index (χ3n) is 4.22. The molecule has 133 valence electrons. The minimum absolute atomic E-state index is 0.667. The van der Waals surface area contributed by atoms with Crippen LogP contribution in [0.15, 0.2) is 54.6 Å². The average molecular weight is 349 g/mol. The zero-order valence-electron chi connectivity index (χ0n) is 15.3. The average Bonchev–Trinajstić information content (AvgIpc) is 2.72. The molecule has 0 heterocycles. The van der Waals surface area contributed by atoms with Gasteiger partial charge in [-0.2, -0.15) is 0 Å². The minimum atomic E-state index is 0.667. The Bertz CT molecular complexity index is 828. The predicted octanol–water partition coefficient (Wildman–Crippen LogP) is 4.86. The number of rotatable bonds is 6. The molecule has 0 aliphatic rings. The van der Waals surface area contributed by atoms with Gasteiger partial charge in [-0.3, -0.25) is 0 Å². The minimum Gasteiger partial charge on any atom is -0.493 e. The molecule has 0 unspecified atom stereocenters. The summed E-state index contributed by atoms with van der Waals surface area (Å²) in [5.74, 6) is 2.70. The summed E-state index contributed by atoms with van der Waals surface area (Å²) in [5.41, 5.74) is 3.68. The van der Waals surface area contributed by atoms with E-state index < -0.39 is 0 Å². The monoisotopic (exact) mass is 349 g/mol. The molecule has 4 heteroatoms. The van der Waals surface area contributed by atoms with E-state index in [-0.39, 0.29) is 0 Å². The van der Waals surface area contributed by atoms with E-state index in [4.69, 9.17) is 18.9 Å². The molecule has 26 heavy (non-hydrogen) atoms. The maximum Gasteiger partial charge on any atom is 0.168 e. The van der Waals surface area contributed by atoms with Crippen molar-refractivity contribution in [1.29, 1.82) is 0 Å². The van der Waals surface area contributed by atoms with Gasteiger partial charge >= 0.3 is 0 Å². The molecular formula is C22H21O4. The van der Waals surface area contributed by atoms with Gasteiger partial charge in [0.25, 0.3) is 0 Å². The highest BCUT2D eigenvalue weighted by atomic mass is 16.5. The number of hydrogen-bond donors (Lipinski definition) is 0. The van der Waals surface area contributed by atoms with Crippen LogP contribution in [-0.2, 0) is 0 Å². The van der Waals surface area contributed by atoms with Crippen molar-refractivity contribution in [3.05, 3.63) is 60.7 Å². The quantitative estimate of drug-likeness (QED) is 0.637. The Labute approximate surface area is 153 Å². The highest BCUT2D eigenvalue weighted by Gasteiger charge is 2.18. The van der Waals surface area contributed by atoms with Crippen molar-refractivity contribution in [3.63, 3.8) is 0 Å². The first-order valence-electron chi connectivity index (χ1n) is 8.18. The second-order valence-electron chi connectivity index (χ2n) is 5.54. The molecule has 0 saturated heterocycles. The van der Waals surface area contributed by atoms with Crippen LogP contribution in [0.4, 0.5) is 0 Å². The highest BCUT2D eigenvalue weighted by molar-refractivity contribution is 5.89. The van der Waals surface area contributed by atoms with Crippen molar-refractivity contribution >= 4 is 0 Å². The Morgan fingerprint density at radius 1 is 0.577 bits per heavy atom. The molecule has 3 aromatic carbocycles. The zero-order valence-corrected chi connectivity index (χ0v) is 15.3. The molecule has 0 N–H and O–H groups in total. The molecule has 0 aliphatic heterocycles. The fraction of sp³-hybridized carbons (Fsp3) is 0.182. The lowest BCUT2D eigenvalue weighted by molar-refractivity contribution is 0.356. The number of para-hydroxylation sites is 2. The first kappa shape index (κ1) is 17.7. The van der Waals surface area contributed by atoms with Gasteiger partial charge in [-0.15, -0.1) is 0 Å². The van der Waals surface area contributed by atoms with Crippen LogP contribution < -0.4 is 18.9 Å². The fourth-order valence-electron chi connectivity index (χ4n) is 3.07. The van der Waals surface area contributed by atoms with E-state index in [1.54, 1.807) is 28.4 Å². The Morgan fingerprint density at radius 3 is 1.69 bits per heavy atom. The Kier molecular flexibility index (Phi) is 5.32. The molecule has 0 saturated carbocycles. The first-order valence-corrected chi connectivity index (χ1v) is 8.18. The zero-order chi connectivity index (χ0) is 18.5. The molecule has 4 nitrogen and oxygen atoms in total. The van der Waals surface area contributed by atoms with Gasteiger partial charge in [0.2, 0.25) is 0 Å². The maximum absolute atomic E-state index is 5.62. The lowest BCUT2D eigenvalue weighted by Crippen LogP contribution is -1.96. The van der Waals surface area contributed by atoms with Crippen LogP contribution in [0.25, 0.3) is 22.3 Å². The molecular weight excluding hydrogens is 328 g/mol. The summed E-state index contributed by atoms with van der Waals surface area (Å²) in [7, 11) is 6.53. The van der Waals surface area contributed by atoms with E-state index in [0.29, 0.717) is 23.0 Å². The summed E-state index contributed by atoms with van der Waals surface area (Å²) in [6.45, 7) is 0. The second-order valence-corrected chi connectivity index (χ2v) is 5.54. The largest absolute Gasteiger partial charge is 0.493 e. The topological polar surface area (TPSA) is 36.9 Å². The number of ether oxygens (including phenoxy) is 4. The van der Waals surface area contributed by atoms with Gasteiger partial charge < -0.3 is 18.9 Å². The van der Waals surface area contributed by atoms with Crippen molar-refractivity contribution in [3.8, 4) is 45.3 Å². The van der Waals surface area contributed by atoms with Crippen LogP contribution in [0, 0.1) is 6.07 Å². The molecule has 0 aromatic heterocycles. The number of hydrogen-bond acceptors (Lipinski definition) is 4. The molecule has 3 aromatic rings. The van der Waals surface area contributed by atoms with E-state index in [9.17, 15) is 0 Å². The Hall–Kier alpha value is -3.14. The maximum atomic E-state index is 5.62. The fourth-order valence-corrected chi connectivity index (χ4v) is 3.07. The van der Waals surface area contributed by atoms with Crippen LogP contribution in [0.2, 0.25) is 0 Å². The van der Waals surface area contributed by atoms with Crippen molar-refractivity contribution in [2.75, 3.05) is 28.4 Å². The third-order valence-corrected chi connectivity index (χ3v) is 4.22. The summed E-state index contributed by atoms with van der Waals surface area (Å²) >= 11 is 0. The lowest BCUT2D eigenvalue weighted by Gasteiger charge is -2.18. The van der Waals surface area contributed by atoms with Gasteiger partial charge in [-0.05, 0) is 23.8 Å². The normalized spacial score (nSPS) is 10.3. The lowest BCUT2D eigenvalue weighted by atomic mass is 9.93. The van der Waals surface area contributed by atoms with Gasteiger partial charge in [-0.25, -0.2) is 0 Å². The Morgan fingerprint density at radius 2 is 1.12 bits per heavy atom. The van der Waals surface area contributed by atoms with Crippen molar-refractivity contribution in [2.24, 2.45) is 0 Å². The van der Waals surface area contributed by atoms with E-state index >= 15 is 0 Å². The summed E-state index contributed by atoms with van der Waals surface area (Å²) in [6.07, 6.45) is 0. The molecule has 0 bridgehead atoms. The molecule has 0 spiro atoms. The first-order chi connectivity index (χ1) is 12.7. The van der Waals surface area contributed by atoms with Crippen molar-refractivity contribution < 1.29 is 18.9 Å². The SMILES string of the molecule is COc1cccc(-c2[c]cccc2-c2cccc(OC)c2OC)c1OC. The summed E-state index contributed by atoms with van der Waals surface area (Å²) < 4.78 is 22.1. The van der Waals surface area contributed by atoms with E-state index in [1.807, 2.05) is 54.6 Å². The van der Waals surface area contributed by atoms with Gasteiger partial charge in [0.1, 0.15) is 0 Å². The van der Waals surface area contributed by atoms with Crippen molar-refractivity contribution in [2.45, 2.75) is 0 Å². The predicted molar refractivity (Wildman–Crippen MR) is 102 cm³/mol. The van der Waals surface area contributed by atoms with Gasteiger partial charge in [-0.1, -0.05) is 42.5 Å². The summed E-state index contributed by atoms with van der Waals surface area (Å²) in [5, 5.41) is 0. The molecule has 0 fully saturated rings. The van der Waals surface area contributed by atoms with Gasteiger partial charge in [0.05, 0.1) is 28.4 Å².